The van der Waals surface area contributed by atoms with E-state index in [1.807, 2.05) is 6.92 Å². The van der Waals surface area contributed by atoms with Crippen LogP contribution in [0.2, 0.25) is 0 Å². The van der Waals surface area contributed by atoms with E-state index >= 15 is 0 Å². The molecule has 0 radical (unpaired) electrons. The number of ether oxygens (including phenoxy) is 1. The predicted molar refractivity (Wildman–Crippen MR) is 69.4 cm³/mol. The first-order chi connectivity index (χ1) is 7.99. The topological polar surface area (TPSA) is 69.4 Å². The van der Waals surface area contributed by atoms with Crippen molar-refractivity contribution in [3.05, 3.63) is 0 Å². The third kappa shape index (κ3) is 14.9. The van der Waals surface area contributed by atoms with Crippen LogP contribution in [0.3, 0.4) is 0 Å². The van der Waals surface area contributed by atoms with E-state index in [0.717, 1.165) is 12.8 Å². The lowest BCUT2D eigenvalue weighted by Gasteiger charge is -2.05. The normalized spacial score (nSPS) is 11.1. The quantitative estimate of drug-likeness (QED) is 0.553. The third-order valence-corrected chi connectivity index (χ3v) is 2.49. The molecule has 0 rings (SSSR count). The highest BCUT2D eigenvalue weighted by Gasteiger charge is 2.06. The zero-order valence-electron chi connectivity index (χ0n) is 11.6. The third-order valence-electron chi connectivity index (χ3n) is 2.49. The van der Waals surface area contributed by atoms with Crippen LogP contribution in [0.4, 0.5) is 0 Å². The Bertz CT molecular complexity index is 199. The molecule has 4 nitrogen and oxygen atoms in total. The molecule has 2 N–H and O–H groups in total. The summed E-state index contributed by atoms with van der Waals surface area (Å²) in [6.07, 6.45) is 6.30. The molecule has 0 bridgehead atoms. The Morgan fingerprint density at radius 3 is 2.06 bits per heavy atom. The van der Waals surface area contributed by atoms with Gasteiger partial charge in [-0.1, -0.05) is 46.5 Å². The lowest BCUT2D eigenvalue weighted by atomic mass is 10.0. The molecule has 17 heavy (non-hydrogen) atoms. The van der Waals surface area contributed by atoms with Crippen LogP contribution >= 0.6 is 0 Å². The van der Waals surface area contributed by atoms with Crippen LogP contribution in [0.15, 0.2) is 0 Å². The summed E-state index contributed by atoms with van der Waals surface area (Å²) in [4.78, 5) is 20.5. The smallest absolute Gasteiger partial charge is 0.305 e. The Balaban J connectivity index is 0. The van der Waals surface area contributed by atoms with Gasteiger partial charge in [0.05, 0.1) is 7.11 Å². The van der Waals surface area contributed by atoms with Crippen molar-refractivity contribution in [3.8, 4) is 0 Å². The van der Waals surface area contributed by atoms with Crippen LogP contribution in [0, 0.1) is 5.92 Å². The van der Waals surface area contributed by atoms with Crippen molar-refractivity contribution >= 4 is 11.9 Å². The maximum absolute atomic E-state index is 10.6. The van der Waals surface area contributed by atoms with Gasteiger partial charge in [0.2, 0.25) is 5.91 Å². The molecule has 0 spiro atoms. The molecule has 0 saturated heterocycles. The molecule has 0 heterocycles. The van der Waals surface area contributed by atoms with E-state index in [4.69, 9.17) is 5.73 Å². The molecule has 1 amide bonds. The second kappa shape index (κ2) is 13.0. The van der Waals surface area contributed by atoms with Crippen LogP contribution < -0.4 is 5.73 Å². The van der Waals surface area contributed by atoms with E-state index in [2.05, 4.69) is 11.7 Å². The zero-order chi connectivity index (χ0) is 13.7. The van der Waals surface area contributed by atoms with Gasteiger partial charge in [0.25, 0.3) is 0 Å². The molecule has 0 aromatic heterocycles. The number of hydrogen-bond acceptors (Lipinski definition) is 3. The van der Waals surface area contributed by atoms with Gasteiger partial charge in [-0.3, -0.25) is 9.59 Å². The van der Waals surface area contributed by atoms with E-state index in [-0.39, 0.29) is 17.8 Å². The summed E-state index contributed by atoms with van der Waals surface area (Å²) >= 11 is 0. The Morgan fingerprint density at radius 1 is 1.18 bits per heavy atom. The highest BCUT2D eigenvalue weighted by Crippen LogP contribution is 2.09. The van der Waals surface area contributed by atoms with E-state index in [9.17, 15) is 9.59 Å². The highest BCUT2D eigenvalue weighted by molar-refractivity contribution is 5.76. The average Bonchev–Trinajstić information content (AvgIpc) is 2.33. The number of hydrogen-bond donors (Lipinski definition) is 1. The molecule has 0 aromatic rings. The minimum absolute atomic E-state index is 0.0619. The van der Waals surface area contributed by atoms with Crippen LogP contribution in [0.1, 0.15) is 59.3 Å². The summed E-state index contributed by atoms with van der Waals surface area (Å²) in [5.74, 6) is -0.261. The standard InChI is InChI=1S/C9H19NO.C4H8O2/c1-3-4-5-6-7-8(2)9(10)11;1-3-4(5)6-2/h8H,3-7H2,1-2H3,(H2,10,11);3H2,1-2H3. The number of rotatable bonds is 7. The molecule has 0 fully saturated rings. The van der Waals surface area contributed by atoms with Gasteiger partial charge in [0, 0.05) is 12.3 Å². The molecule has 1 unspecified atom stereocenters. The molecule has 0 aliphatic carbocycles. The Labute approximate surface area is 105 Å². The lowest BCUT2D eigenvalue weighted by Crippen LogP contribution is -2.20. The summed E-state index contributed by atoms with van der Waals surface area (Å²) < 4.78 is 4.26. The van der Waals surface area contributed by atoms with Gasteiger partial charge in [-0.25, -0.2) is 0 Å². The molecule has 102 valence electrons. The van der Waals surface area contributed by atoms with Gasteiger partial charge in [-0.15, -0.1) is 0 Å². The molecular weight excluding hydrogens is 218 g/mol. The maximum atomic E-state index is 10.6. The van der Waals surface area contributed by atoms with Gasteiger partial charge >= 0.3 is 5.97 Å². The SMILES string of the molecule is CCC(=O)OC.CCCCCCC(C)C(N)=O. The Kier molecular flexibility index (Phi) is 14.0. The van der Waals surface area contributed by atoms with E-state index in [1.54, 1.807) is 6.92 Å². The molecular formula is C13H27NO3. The number of nitrogens with two attached hydrogens (primary N) is 1. The zero-order valence-corrected chi connectivity index (χ0v) is 11.6. The van der Waals surface area contributed by atoms with Gasteiger partial charge < -0.3 is 10.5 Å². The van der Waals surface area contributed by atoms with E-state index in [1.165, 1.54) is 26.4 Å². The minimum Gasteiger partial charge on any atom is -0.469 e. The molecule has 0 saturated carbocycles. The van der Waals surface area contributed by atoms with Crippen molar-refractivity contribution in [1.82, 2.24) is 0 Å². The Morgan fingerprint density at radius 2 is 1.76 bits per heavy atom. The van der Waals surface area contributed by atoms with Crippen molar-refractivity contribution in [1.29, 1.82) is 0 Å². The second-order valence-corrected chi connectivity index (χ2v) is 4.08. The second-order valence-electron chi connectivity index (χ2n) is 4.08. The monoisotopic (exact) mass is 245 g/mol. The fourth-order valence-electron chi connectivity index (χ4n) is 1.16. The van der Waals surface area contributed by atoms with Crippen molar-refractivity contribution < 1.29 is 14.3 Å². The minimum atomic E-state index is -0.165. The summed E-state index contributed by atoms with van der Waals surface area (Å²) in [6, 6.07) is 0. The van der Waals surface area contributed by atoms with Gasteiger partial charge in [0.1, 0.15) is 0 Å². The highest BCUT2D eigenvalue weighted by atomic mass is 16.5. The van der Waals surface area contributed by atoms with E-state index < -0.39 is 0 Å². The number of carbonyl (C=O) groups excluding carboxylic acids is 2. The first kappa shape index (κ1) is 18.3. The summed E-state index contributed by atoms with van der Waals surface area (Å²) in [7, 11) is 1.38. The maximum Gasteiger partial charge on any atom is 0.305 e. The van der Waals surface area contributed by atoms with Crippen molar-refractivity contribution in [2.45, 2.75) is 59.3 Å². The van der Waals surface area contributed by atoms with E-state index in [0.29, 0.717) is 6.42 Å². The van der Waals surface area contributed by atoms with Gasteiger partial charge in [-0.05, 0) is 6.42 Å². The fraction of sp³-hybridized carbons (Fsp3) is 0.846. The predicted octanol–water partition coefficient (Wildman–Crippen LogP) is 2.65. The van der Waals surface area contributed by atoms with Gasteiger partial charge in [0.15, 0.2) is 0 Å². The van der Waals surface area contributed by atoms with Crippen LogP contribution in [-0.4, -0.2) is 19.0 Å². The van der Waals surface area contributed by atoms with Gasteiger partial charge in [-0.2, -0.15) is 0 Å². The van der Waals surface area contributed by atoms with Crippen LogP contribution in [0.25, 0.3) is 0 Å². The fourth-order valence-corrected chi connectivity index (χ4v) is 1.16. The average molecular weight is 245 g/mol. The summed E-state index contributed by atoms with van der Waals surface area (Å²) in [5, 5.41) is 0. The molecule has 1 atom stereocenters. The number of esters is 1. The molecule has 4 heteroatoms. The van der Waals surface area contributed by atoms with Crippen LogP contribution in [-0.2, 0) is 14.3 Å². The number of amides is 1. The van der Waals surface area contributed by atoms with Crippen molar-refractivity contribution in [3.63, 3.8) is 0 Å². The number of primary amides is 1. The lowest BCUT2D eigenvalue weighted by molar-refractivity contribution is -0.140. The summed E-state index contributed by atoms with van der Waals surface area (Å²) in [6.45, 7) is 5.83. The first-order valence-corrected chi connectivity index (χ1v) is 6.35. The number of carbonyl (C=O) groups is 2. The van der Waals surface area contributed by atoms with Crippen molar-refractivity contribution in [2.24, 2.45) is 11.7 Å². The number of unbranched alkanes of at least 4 members (excludes halogenated alkanes) is 3. The van der Waals surface area contributed by atoms with Crippen molar-refractivity contribution in [2.75, 3.05) is 7.11 Å². The molecule has 0 aliphatic rings. The largest absolute Gasteiger partial charge is 0.469 e. The number of methoxy groups -OCH3 is 1. The molecule has 0 aromatic carbocycles. The Hall–Kier alpha value is -1.06. The first-order valence-electron chi connectivity index (χ1n) is 6.35. The summed E-state index contributed by atoms with van der Waals surface area (Å²) in [5.41, 5.74) is 5.11. The van der Waals surface area contributed by atoms with Crippen LogP contribution in [0.5, 0.6) is 0 Å². The molecule has 0 aliphatic heterocycles.